The van der Waals surface area contributed by atoms with Gasteiger partial charge in [0.25, 0.3) is 0 Å². The third-order valence-electron chi connectivity index (χ3n) is 1.95. The minimum absolute atomic E-state index is 0.0255. The zero-order chi connectivity index (χ0) is 10.1. The summed E-state index contributed by atoms with van der Waals surface area (Å²) >= 11 is 0. The Morgan fingerprint density at radius 3 is 2.00 bits per heavy atom. The van der Waals surface area contributed by atoms with Crippen molar-refractivity contribution in [1.29, 1.82) is 0 Å². The Balaban J connectivity index is 0.000000146. The summed E-state index contributed by atoms with van der Waals surface area (Å²) in [5.41, 5.74) is 0. The third-order valence-corrected chi connectivity index (χ3v) is 1.95. The molecule has 1 aromatic rings. The van der Waals surface area contributed by atoms with E-state index in [1.54, 1.807) is 0 Å². The summed E-state index contributed by atoms with van der Waals surface area (Å²) in [6, 6.07) is 12.0. The molecule has 1 fully saturated rings. The van der Waals surface area contributed by atoms with Gasteiger partial charge in [0, 0.05) is 6.42 Å². The van der Waals surface area contributed by atoms with Crippen molar-refractivity contribution < 1.29 is 9.53 Å². The Morgan fingerprint density at radius 2 is 1.43 bits per heavy atom. The molecular weight excluding hydrogens is 176 g/mol. The molecule has 0 spiro atoms. The molecule has 0 aromatic heterocycles. The van der Waals surface area contributed by atoms with Crippen LogP contribution in [-0.2, 0) is 9.53 Å². The van der Waals surface area contributed by atoms with Crippen molar-refractivity contribution in [2.45, 2.75) is 25.7 Å². The van der Waals surface area contributed by atoms with Gasteiger partial charge in [-0.25, -0.2) is 0 Å². The van der Waals surface area contributed by atoms with Crippen molar-refractivity contribution >= 4 is 5.97 Å². The quantitative estimate of drug-likeness (QED) is 0.591. The molecule has 0 aliphatic carbocycles. The summed E-state index contributed by atoms with van der Waals surface area (Å²) < 4.78 is 4.76. The molecule has 0 bridgehead atoms. The van der Waals surface area contributed by atoms with Gasteiger partial charge in [0.15, 0.2) is 0 Å². The number of carbonyl (C=O) groups is 1. The molecule has 0 amide bonds. The Labute approximate surface area is 84.9 Å². The van der Waals surface area contributed by atoms with Crippen LogP contribution in [0.3, 0.4) is 0 Å². The maximum absolute atomic E-state index is 10.5. The molecule has 2 heteroatoms. The SMILES string of the molecule is O=C1CCCCCO1.c1ccccc1. The van der Waals surface area contributed by atoms with Gasteiger partial charge in [0.1, 0.15) is 0 Å². The van der Waals surface area contributed by atoms with Crippen molar-refractivity contribution in [3.05, 3.63) is 36.4 Å². The van der Waals surface area contributed by atoms with E-state index < -0.39 is 0 Å². The summed E-state index contributed by atoms with van der Waals surface area (Å²) in [4.78, 5) is 10.5. The minimum atomic E-state index is -0.0255. The Bertz CT molecular complexity index is 207. The van der Waals surface area contributed by atoms with Crippen molar-refractivity contribution in [3.8, 4) is 0 Å². The Kier molecular flexibility index (Phi) is 5.48. The maximum atomic E-state index is 10.5. The van der Waals surface area contributed by atoms with Crippen molar-refractivity contribution in [3.63, 3.8) is 0 Å². The highest BCUT2D eigenvalue weighted by Gasteiger charge is 2.05. The predicted molar refractivity (Wildman–Crippen MR) is 55.9 cm³/mol. The van der Waals surface area contributed by atoms with E-state index >= 15 is 0 Å². The maximum Gasteiger partial charge on any atom is 0.305 e. The number of hydrogen-bond acceptors (Lipinski definition) is 2. The first-order chi connectivity index (χ1) is 6.89. The smallest absolute Gasteiger partial charge is 0.305 e. The van der Waals surface area contributed by atoms with Gasteiger partial charge in [0.2, 0.25) is 0 Å². The number of ether oxygens (including phenoxy) is 1. The van der Waals surface area contributed by atoms with Crippen LogP contribution in [0, 0.1) is 0 Å². The summed E-state index contributed by atoms with van der Waals surface area (Å²) in [5.74, 6) is -0.0255. The summed E-state index contributed by atoms with van der Waals surface area (Å²) in [6.07, 6.45) is 3.83. The van der Waals surface area contributed by atoms with Crippen LogP contribution >= 0.6 is 0 Å². The molecule has 1 aliphatic heterocycles. The lowest BCUT2D eigenvalue weighted by Gasteiger charge is -1.93. The van der Waals surface area contributed by atoms with E-state index in [1.165, 1.54) is 0 Å². The third kappa shape index (κ3) is 5.36. The normalized spacial score (nSPS) is 15.9. The van der Waals surface area contributed by atoms with E-state index in [0.29, 0.717) is 13.0 Å². The topological polar surface area (TPSA) is 26.3 Å². The second-order valence-electron chi connectivity index (χ2n) is 3.19. The van der Waals surface area contributed by atoms with Crippen LogP contribution in [0.2, 0.25) is 0 Å². The predicted octanol–water partition coefficient (Wildman–Crippen LogP) is 2.79. The van der Waals surface area contributed by atoms with Gasteiger partial charge in [-0.15, -0.1) is 0 Å². The molecule has 0 radical (unpaired) electrons. The Morgan fingerprint density at radius 1 is 0.857 bits per heavy atom. The molecule has 1 aliphatic rings. The van der Waals surface area contributed by atoms with Gasteiger partial charge in [-0.1, -0.05) is 36.4 Å². The second kappa shape index (κ2) is 7.13. The standard InChI is InChI=1S/C6H10O2.C6H6/c7-6-4-2-1-3-5-8-6;1-2-4-6-5-3-1/h1-5H2;1-6H. The zero-order valence-corrected chi connectivity index (χ0v) is 8.32. The minimum Gasteiger partial charge on any atom is -0.466 e. The van der Waals surface area contributed by atoms with E-state index in [1.807, 2.05) is 36.4 Å². The number of hydrogen-bond donors (Lipinski definition) is 0. The van der Waals surface area contributed by atoms with E-state index in [4.69, 9.17) is 4.74 Å². The first-order valence-corrected chi connectivity index (χ1v) is 5.05. The molecule has 1 aromatic carbocycles. The van der Waals surface area contributed by atoms with Gasteiger partial charge < -0.3 is 4.74 Å². The molecule has 2 nitrogen and oxygen atoms in total. The van der Waals surface area contributed by atoms with Gasteiger partial charge in [-0.05, 0) is 19.3 Å². The number of cyclic esters (lactones) is 1. The highest BCUT2D eigenvalue weighted by atomic mass is 16.5. The fourth-order valence-electron chi connectivity index (χ4n) is 1.19. The van der Waals surface area contributed by atoms with Crippen molar-refractivity contribution in [1.82, 2.24) is 0 Å². The molecule has 1 saturated heterocycles. The van der Waals surface area contributed by atoms with Crippen LogP contribution in [0.4, 0.5) is 0 Å². The average molecular weight is 192 g/mol. The largest absolute Gasteiger partial charge is 0.466 e. The number of rotatable bonds is 0. The molecule has 0 N–H and O–H groups in total. The molecule has 0 unspecified atom stereocenters. The second-order valence-corrected chi connectivity index (χ2v) is 3.19. The molecule has 76 valence electrons. The van der Waals surface area contributed by atoms with Crippen molar-refractivity contribution in [2.24, 2.45) is 0 Å². The van der Waals surface area contributed by atoms with E-state index in [9.17, 15) is 4.79 Å². The van der Waals surface area contributed by atoms with Crippen molar-refractivity contribution in [2.75, 3.05) is 6.61 Å². The number of benzene rings is 1. The molecule has 2 rings (SSSR count). The summed E-state index contributed by atoms with van der Waals surface area (Å²) in [6.45, 7) is 0.638. The first-order valence-electron chi connectivity index (χ1n) is 5.05. The lowest BCUT2D eigenvalue weighted by Crippen LogP contribution is -2.00. The first kappa shape index (κ1) is 10.8. The van der Waals surface area contributed by atoms with E-state index in [2.05, 4.69) is 0 Å². The summed E-state index contributed by atoms with van der Waals surface area (Å²) in [5, 5.41) is 0. The average Bonchev–Trinajstić information content (AvgIpc) is 2.49. The van der Waals surface area contributed by atoms with Gasteiger partial charge in [-0.3, -0.25) is 4.79 Å². The van der Waals surface area contributed by atoms with E-state index in [0.717, 1.165) is 19.3 Å². The summed E-state index contributed by atoms with van der Waals surface area (Å²) in [7, 11) is 0. The fourth-order valence-corrected chi connectivity index (χ4v) is 1.19. The fraction of sp³-hybridized carbons (Fsp3) is 0.417. The monoisotopic (exact) mass is 192 g/mol. The number of carbonyl (C=O) groups excluding carboxylic acids is 1. The van der Waals surface area contributed by atoms with Gasteiger partial charge >= 0.3 is 5.97 Å². The van der Waals surface area contributed by atoms with Gasteiger partial charge in [0.05, 0.1) is 6.61 Å². The van der Waals surface area contributed by atoms with Crippen LogP contribution in [0.15, 0.2) is 36.4 Å². The Hall–Kier alpha value is -1.31. The zero-order valence-electron chi connectivity index (χ0n) is 8.32. The highest BCUT2D eigenvalue weighted by molar-refractivity contribution is 5.69. The van der Waals surface area contributed by atoms with Crippen LogP contribution in [0.25, 0.3) is 0 Å². The molecule has 0 saturated carbocycles. The molecule has 0 atom stereocenters. The highest BCUT2D eigenvalue weighted by Crippen LogP contribution is 2.06. The van der Waals surface area contributed by atoms with Crippen LogP contribution < -0.4 is 0 Å². The van der Waals surface area contributed by atoms with Crippen LogP contribution in [-0.4, -0.2) is 12.6 Å². The van der Waals surface area contributed by atoms with Crippen LogP contribution in [0.5, 0.6) is 0 Å². The van der Waals surface area contributed by atoms with Gasteiger partial charge in [-0.2, -0.15) is 0 Å². The van der Waals surface area contributed by atoms with Crippen LogP contribution in [0.1, 0.15) is 25.7 Å². The number of esters is 1. The molecule has 14 heavy (non-hydrogen) atoms. The lowest BCUT2D eigenvalue weighted by molar-refractivity contribution is -0.142. The van der Waals surface area contributed by atoms with E-state index in [-0.39, 0.29) is 5.97 Å². The lowest BCUT2D eigenvalue weighted by atomic mass is 10.2. The molecular formula is C12H16O2. The molecule has 1 heterocycles.